The zero-order chi connectivity index (χ0) is 21.6. The van der Waals surface area contributed by atoms with Crippen molar-refractivity contribution in [1.82, 2.24) is 0 Å². The van der Waals surface area contributed by atoms with Crippen LogP contribution in [-0.2, 0) is 14.9 Å². The Hall–Kier alpha value is -2.69. The van der Waals surface area contributed by atoms with Crippen LogP contribution in [0.25, 0.3) is 0 Å². The molecule has 0 aliphatic rings. The number of alkyl halides is 3. The van der Waals surface area contributed by atoms with Gasteiger partial charge in [0.25, 0.3) is 5.69 Å². The molecule has 0 amide bonds. The highest BCUT2D eigenvalue weighted by Crippen LogP contribution is 2.39. The minimum Gasteiger partial charge on any atom is -0.480 e. The molecule has 0 aromatic heterocycles. The van der Waals surface area contributed by atoms with E-state index < -0.39 is 28.4 Å². The number of nitrogens with one attached hydrogen (secondary N) is 1. The van der Waals surface area contributed by atoms with E-state index in [1.54, 1.807) is 0 Å². The van der Waals surface area contributed by atoms with Crippen molar-refractivity contribution in [3.05, 3.63) is 57.1 Å². The van der Waals surface area contributed by atoms with E-state index in [1.807, 2.05) is 0 Å². The zero-order valence-electron chi connectivity index (χ0n) is 14.5. The number of nitrogens with zero attached hydrogens (tertiary/aromatic N) is 1. The standard InChI is InChI=1S/C17H14Cl2F2N2O6/c18-12-7-10(17(19,20)21)1-4-15(12)29-11-2-3-14(23(26)27)13(8-11)22-5-6-28-9-16(24)25/h1-4,7-8,22H,5-6,9H2,(H,24,25). The van der Waals surface area contributed by atoms with Gasteiger partial charge in [0.1, 0.15) is 23.8 Å². The van der Waals surface area contributed by atoms with Crippen LogP contribution in [0.15, 0.2) is 36.4 Å². The molecule has 0 atom stereocenters. The molecule has 8 nitrogen and oxygen atoms in total. The van der Waals surface area contributed by atoms with Crippen LogP contribution < -0.4 is 10.1 Å². The number of nitro benzene ring substituents is 1. The Balaban J connectivity index is 2.15. The molecule has 0 radical (unpaired) electrons. The third kappa shape index (κ3) is 6.70. The molecule has 0 unspecified atom stereocenters. The fraction of sp³-hybridized carbons (Fsp3) is 0.235. The van der Waals surface area contributed by atoms with Crippen LogP contribution in [0.5, 0.6) is 11.5 Å². The quantitative estimate of drug-likeness (QED) is 0.230. The second kappa shape index (κ2) is 9.68. The molecule has 29 heavy (non-hydrogen) atoms. The number of nitro groups is 1. The molecule has 0 saturated carbocycles. The summed E-state index contributed by atoms with van der Waals surface area (Å²) >= 11 is 10.9. The van der Waals surface area contributed by atoms with Gasteiger partial charge in [0.15, 0.2) is 0 Å². The minimum absolute atomic E-state index is 0.00549. The van der Waals surface area contributed by atoms with Crippen molar-refractivity contribution < 1.29 is 33.1 Å². The molecule has 2 rings (SSSR count). The maximum absolute atomic E-state index is 13.1. The summed E-state index contributed by atoms with van der Waals surface area (Å²) in [5, 5.41) is 18.7. The normalized spacial score (nSPS) is 11.2. The molecule has 0 bridgehead atoms. The van der Waals surface area contributed by atoms with Crippen molar-refractivity contribution >= 4 is 40.5 Å². The van der Waals surface area contributed by atoms with E-state index in [-0.39, 0.29) is 41.0 Å². The Morgan fingerprint density at radius 1 is 1.28 bits per heavy atom. The number of halogens is 4. The van der Waals surface area contributed by atoms with E-state index in [2.05, 4.69) is 5.32 Å². The number of carbonyl (C=O) groups is 1. The zero-order valence-corrected chi connectivity index (χ0v) is 16.0. The van der Waals surface area contributed by atoms with Gasteiger partial charge in [-0.25, -0.2) is 4.79 Å². The first-order valence-corrected chi connectivity index (χ1v) is 8.70. The van der Waals surface area contributed by atoms with Gasteiger partial charge in [-0.2, -0.15) is 8.78 Å². The maximum atomic E-state index is 13.1. The number of carboxylic acids is 1. The summed E-state index contributed by atoms with van der Waals surface area (Å²) in [6.45, 7) is -0.408. The predicted molar refractivity (Wildman–Crippen MR) is 101 cm³/mol. The summed E-state index contributed by atoms with van der Waals surface area (Å²) in [5.74, 6) is -0.945. The Morgan fingerprint density at radius 2 is 2.00 bits per heavy atom. The van der Waals surface area contributed by atoms with Crippen LogP contribution in [0, 0.1) is 10.1 Å². The van der Waals surface area contributed by atoms with E-state index in [0.717, 1.165) is 12.1 Å². The fourth-order valence-electron chi connectivity index (χ4n) is 2.18. The average Bonchev–Trinajstić information content (AvgIpc) is 2.62. The van der Waals surface area contributed by atoms with Gasteiger partial charge in [-0.3, -0.25) is 10.1 Å². The molecule has 0 fully saturated rings. The van der Waals surface area contributed by atoms with Gasteiger partial charge in [0, 0.05) is 24.2 Å². The average molecular weight is 451 g/mol. The topological polar surface area (TPSA) is 111 Å². The molecular formula is C17H14Cl2F2N2O6. The van der Waals surface area contributed by atoms with Crippen molar-refractivity contribution in [3.63, 3.8) is 0 Å². The first-order chi connectivity index (χ1) is 13.6. The molecule has 0 spiro atoms. The number of rotatable bonds is 10. The molecular weight excluding hydrogens is 437 g/mol. The van der Waals surface area contributed by atoms with Crippen molar-refractivity contribution in [1.29, 1.82) is 0 Å². The smallest absolute Gasteiger partial charge is 0.348 e. The van der Waals surface area contributed by atoms with Gasteiger partial charge in [0.05, 0.1) is 16.6 Å². The number of benzene rings is 2. The van der Waals surface area contributed by atoms with E-state index in [1.165, 1.54) is 24.3 Å². The van der Waals surface area contributed by atoms with Crippen LogP contribution in [0.4, 0.5) is 20.2 Å². The molecule has 0 heterocycles. The minimum atomic E-state index is -3.59. The van der Waals surface area contributed by atoms with Crippen LogP contribution in [-0.4, -0.2) is 35.8 Å². The number of carboxylic acid groups (broad SMARTS) is 1. The van der Waals surface area contributed by atoms with E-state index in [0.29, 0.717) is 0 Å². The second-order valence-corrected chi connectivity index (χ2v) is 6.44. The third-order valence-electron chi connectivity index (χ3n) is 3.44. The van der Waals surface area contributed by atoms with Crippen LogP contribution in [0.2, 0.25) is 5.02 Å². The van der Waals surface area contributed by atoms with Crippen molar-refractivity contribution in [2.45, 2.75) is 5.38 Å². The highest BCUT2D eigenvalue weighted by atomic mass is 35.5. The lowest BCUT2D eigenvalue weighted by atomic mass is 10.2. The summed E-state index contributed by atoms with van der Waals surface area (Å²) in [4.78, 5) is 20.9. The first-order valence-electron chi connectivity index (χ1n) is 7.94. The van der Waals surface area contributed by atoms with Crippen molar-refractivity contribution in [3.8, 4) is 11.5 Å². The number of aliphatic carboxylic acids is 1. The predicted octanol–water partition coefficient (Wildman–Crippen LogP) is 4.84. The van der Waals surface area contributed by atoms with Gasteiger partial charge >= 0.3 is 11.4 Å². The highest BCUT2D eigenvalue weighted by molar-refractivity contribution is 6.32. The molecule has 2 N–H and O–H groups in total. The monoisotopic (exact) mass is 450 g/mol. The summed E-state index contributed by atoms with van der Waals surface area (Å²) in [6, 6.07) is 7.00. The Kier molecular flexibility index (Phi) is 7.54. The number of hydrogen-bond donors (Lipinski definition) is 2. The number of anilines is 1. The molecule has 0 saturated heterocycles. The van der Waals surface area contributed by atoms with E-state index >= 15 is 0 Å². The van der Waals surface area contributed by atoms with Crippen molar-refractivity contribution in [2.24, 2.45) is 0 Å². The van der Waals surface area contributed by atoms with Crippen molar-refractivity contribution in [2.75, 3.05) is 25.1 Å². The molecule has 0 aliphatic heterocycles. The third-order valence-corrected chi connectivity index (χ3v) is 3.95. The van der Waals surface area contributed by atoms with E-state index in [9.17, 15) is 23.7 Å². The molecule has 0 aliphatic carbocycles. The van der Waals surface area contributed by atoms with Crippen LogP contribution in [0.3, 0.4) is 0 Å². The molecule has 12 heteroatoms. The van der Waals surface area contributed by atoms with Gasteiger partial charge < -0.3 is 19.9 Å². The summed E-state index contributed by atoms with van der Waals surface area (Å²) in [7, 11) is 0. The maximum Gasteiger partial charge on any atom is 0.348 e. The Labute approximate surface area is 173 Å². The van der Waals surface area contributed by atoms with Gasteiger partial charge in [-0.1, -0.05) is 11.6 Å². The van der Waals surface area contributed by atoms with Crippen LogP contribution in [0.1, 0.15) is 5.56 Å². The van der Waals surface area contributed by atoms with Gasteiger partial charge in [-0.05, 0) is 35.9 Å². The lowest BCUT2D eigenvalue weighted by Gasteiger charge is -2.13. The Bertz CT molecular complexity index is 908. The number of ether oxygens (including phenoxy) is 2. The summed E-state index contributed by atoms with van der Waals surface area (Å²) in [5.41, 5.74) is -0.672. The summed E-state index contributed by atoms with van der Waals surface area (Å²) in [6.07, 6.45) is 0. The lowest BCUT2D eigenvalue weighted by molar-refractivity contribution is -0.384. The molecule has 2 aromatic rings. The first kappa shape index (κ1) is 22.6. The Morgan fingerprint density at radius 3 is 2.59 bits per heavy atom. The van der Waals surface area contributed by atoms with Gasteiger partial charge in [-0.15, -0.1) is 0 Å². The van der Waals surface area contributed by atoms with Gasteiger partial charge in [0.2, 0.25) is 0 Å². The summed E-state index contributed by atoms with van der Waals surface area (Å²) < 4.78 is 36.6. The highest BCUT2D eigenvalue weighted by Gasteiger charge is 2.28. The lowest BCUT2D eigenvalue weighted by Crippen LogP contribution is -2.14. The largest absolute Gasteiger partial charge is 0.480 e. The molecule has 156 valence electrons. The fourth-order valence-corrected chi connectivity index (χ4v) is 2.52. The SMILES string of the molecule is O=C(O)COCCNc1cc(Oc2ccc(C(F)(F)Cl)cc2Cl)ccc1[N+](=O)[O-]. The van der Waals surface area contributed by atoms with E-state index in [4.69, 9.17) is 37.8 Å². The second-order valence-electron chi connectivity index (χ2n) is 5.55. The molecule has 2 aromatic carbocycles. The number of hydrogen-bond acceptors (Lipinski definition) is 6. The van der Waals surface area contributed by atoms with Crippen LogP contribution >= 0.6 is 23.2 Å².